The Morgan fingerprint density at radius 3 is 2.25 bits per heavy atom. The first-order valence-electron chi connectivity index (χ1n) is 10.2. The van der Waals surface area contributed by atoms with E-state index in [0.717, 1.165) is 0 Å². The number of carbonyl (C=O) groups excluding carboxylic acids is 2. The van der Waals surface area contributed by atoms with Crippen molar-refractivity contribution in [2.24, 2.45) is 5.92 Å². The molecule has 172 valence electrons. The number of anilines is 2. The van der Waals surface area contributed by atoms with Crippen LogP contribution in [-0.2, 0) is 19.6 Å². The minimum Gasteiger partial charge on any atom is -0.497 e. The topological polar surface area (TPSA) is 114 Å². The quantitative estimate of drug-likeness (QED) is 0.655. The molecule has 0 aliphatic carbocycles. The van der Waals surface area contributed by atoms with Gasteiger partial charge in [-0.05, 0) is 49.2 Å². The van der Waals surface area contributed by atoms with Gasteiger partial charge in [0.25, 0.3) is 0 Å². The van der Waals surface area contributed by atoms with Crippen molar-refractivity contribution in [2.45, 2.75) is 24.7 Å². The van der Waals surface area contributed by atoms with E-state index in [1.807, 2.05) is 0 Å². The average Bonchev–Trinajstić information content (AvgIpc) is 2.79. The van der Waals surface area contributed by atoms with Gasteiger partial charge >= 0.3 is 0 Å². The van der Waals surface area contributed by atoms with Gasteiger partial charge in [-0.25, -0.2) is 8.42 Å². The lowest BCUT2D eigenvalue weighted by Crippen LogP contribution is -2.43. The normalized spacial score (nSPS) is 16.8. The number of sulfonamides is 1. The molecule has 2 aromatic carbocycles. The molecule has 0 unspecified atom stereocenters. The van der Waals surface area contributed by atoms with Gasteiger partial charge in [0.1, 0.15) is 16.4 Å². The second-order valence-electron chi connectivity index (χ2n) is 7.47. The minimum absolute atomic E-state index is 0.00830. The van der Waals surface area contributed by atoms with Crippen molar-refractivity contribution in [1.82, 2.24) is 4.31 Å². The summed E-state index contributed by atoms with van der Waals surface area (Å²) in [6.07, 6.45) is 1.14. The molecule has 3 rings (SSSR count). The van der Waals surface area contributed by atoms with Gasteiger partial charge in [0.15, 0.2) is 0 Å². The SMILES string of the molecule is COc1ccc(OC)c(S(=O)(=O)N2CCC[C@H](C(=O)Nc3ccc(NC(C)=O)cc3)C2)c1. The lowest BCUT2D eigenvalue weighted by Gasteiger charge is -2.31. The van der Waals surface area contributed by atoms with Crippen molar-refractivity contribution in [1.29, 1.82) is 0 Å². The number of nitrogens with one attached hydrogen (secondary N) is 2. The molecule has 1 heterocycles. The highest BCUT2D eigenvalue weighted by molar-refractivity contribution is 7.89. The molecule has 0 bridgehead atoms. The highest BCUT2D eigenvalue weighted by atomic mass is 32.2. The number of hydrogen-bond donors (Lipinski definition) is 2. The van der Waals surface area contributed by atoms with E-state index in [2.05, 4.69) is 10.6 Å². The molecule has 2 aromatic rings. The lowest BCUT2D eigenvalue weighted by molar-refractivity contribution is -0.121. The fourth-order valence-corrected chi connectivity index (χ4v) is 5.28. The largest absolute Gasteiger partial charge is 0.497 e. The summed E-state index contributed by atoms with van der Waals surface area (Å²) in [5.74, 6) is -0.312. The van der Waals surface area contributed by atoms with Crippen LogP contribution < -0.4 is 20.1 Å². The van der Waals surface area contributed by atoms with Crippen LogP contribution in [0.5, 0.6) is 11.5 Å². The summed E-state index contributed by atoms with van der Waals surface area (Å²) in [6.45, 7) is 1.80. The molecule has 1 atom stereocenters. The summed E-state index contributed by atoms with van der Waals surface area (Å²) in [4.78, 5) is 23.9. The molecule has 32 heavy (non-hydrogen) atoms. The van der Waals surface area contributed by atoms with Crippen molar-refractivity contribution in [3.8, 4) is 11.5 Å². The van der Waals surface area contributed by atoms with E-state index in [4.69, 9.17) is 9.47 Å². The van der Waals surface area contributed by atoms with Gasteiger partial charge in [-0.2, -0.15) is 4.31 Å². The van der Waals surface area contributed by atoms with E-state index in [1.54, 1.807) is 36.4 Å². The van der Waals surface area contributed by atoms with Gasteiger partial charge in [0.2, 0.25) is 21.8 Å². The van der Waals surface area contributed by atoms with Crippen LogP contribution in [0.15, 0.2) is 47.4 Å². The molecule has 10 heteroatoms. The van der Waals surface area contributed by atoms with Gasteiger partial charge in [0.05, 0.1) is 20.1 Å². The molecule has 0 saturated carbocycles. The molecule has 9 nitrogen and oxygen atoms in total. The third kappa shape index (κ3) is 5.38. The van der Waals surface area contributed by atoms with Crippen molar-refractivity contribution in [2.75, 3.05) is 37.9 Å². The summed E-state index contributed by atoms with van der Waals surface area (Å²) in [7, 11) is -1.02. The fourth-order valence-electron chi connectivity index (χ4n) is 3.58. The number of ether oxygens (including phenoxy) is 2. The Morgan fingerprint density at radius 2 is 1.66 bits per heavy atom. The maximum Gasteiger partial charge on any atom is 0.246 e. The van der Waals surface area contributed by atoms with Crippen molar-refractivity contribution in [3.63, 3.8) is 0 Å². The Labute approximate surface area is 187 Å². The summed E-state index contributed by atoms with van der Waals surface area (Å²) in [5.41, 5.74) is 1.19. The molecular weight excluding hydrogens is 434 g/mol. The Kier molecular flexibility index (Phi) is 7.37. The molecule has 0 aromatic heterocycles. The third-order valence-corrected chi connectivity index (χ3v) is 7.10. The molecule has 2 amide bonds. The average molecular weight is 462 g/mol. The van der Waals surface area contributed by atoms with E-state index in [0.29, 0.717) is 36.5 Å². The zero-order valence-electron chi connectivity index (χ0n) is 18.3. The molecule has 1 fully saturated rings. The van der Waals surface area contributed by atoms with Crippen molar-refractivity contribution >= 4 is 33.2 Å². The van der Waals surface area contributed by atoms with E-state index in [9.17, 15) is 18.0 Å². The van der Waals surface area contributed by atoms with Gasteiger partial charge in [-0.1, -0.05) is 0 Å². The zero-order valence-corrected chi connectivity index (χ0v) is 19.1. The van der Waals surface area contributed by atoms with Gasteiger partial charge in [0, 0.05) is 37.5 Å². The predicted octanol–water partition coefficient (Wildman–Crippen LogP) is 2.70. The van der Waals surface area contributed by atoms with Crippen molar-refractivity contribution in [3.05, 3.63) is 42.5 Å². The molecule has 1 aliphatic rings. The first kappa shape index (κ1) is 23.6. The zero-order chi connectivity index (χ0) is 23.3. The number of hydrogen-bond acceptors (Lipinski definition) is 6. The molecule has 1 aliphatic heterocycles. The van der Waals surface area contributed by atoms with Crippen LogP contribution in [0.1, 0.15) is 19.8 Å². The maximum absolute atomic E-state index is 13.3. The first-order chi connectivity index (χ1) is 15.2. The van der Waals surface area contributed by atoms with Gasteiger partial charge in [-0.3, -0.25) is 9.59 Å². The smallest absolute Gasteiger partial charge is 0.246 e. The lowest BCUT2D eigenvalue weighted by atomic mass is 9.98. The number of benzene rings is 2. The van der Waals surface area contributed by atoms with Crippen molar-refractivity contribution < 1.29 is 27.5 Å². The number of carbonyl (C=O) groups is 2. The molecule has 0 spiro atoms. The summed E-state index contributed by atoms with van der Waals surface area (Å²) in [5, 5.41) is 5.49. The third-order valence-electron chi connectivity index (χ3n) is 5.22. The monoisotopic (exact) mass is 461 g/mol. The Morgan fingerprint density at radius 1 is 1.00 bits per heavy atom. The second kappa shape index (κ2) is 10.0. The van der Waals surface area contributed by atoms with Crippen LogP contribution in [0, 0.1) is 5.92 Å². The summed E-state index contributed by atoms with van der Waals surface area (Å²) in [6, 6.07) is 11.3. The van der Waals surface area contributed by atoms with Crippen LogP contribution in [0.3, 0.4) is 0 Å². The summed E-state index contributed by atoms with van der Waals surface area (Å²) < 4.78 is 38.3. The maximum atomic E-state index is 13.3. The predicted molar refractivity (Wildman–Crippen MR) is 120 cm³/mol. The highest BCUT2D eigenvalue weighted by Crippen LogP contribution is 2.33. The Hall–Kier alpha value is -3.11. The molecule has 2 N–H and O–H groups in total. The number of nitrogens with zero attached hydrogens (tertiary/aromatic N) is 1. The van der Waals surface area contributed by atoms with E-state index in [1.165, 1.54) is 31.5 Å². The second-order valence-corrected chi connectivity index (χ2v) is 9.37. The molecule has 0 radical (unpaired) electrons. The fraction of sp³-hybridized carbons (Fsp3) is 0.364. The van der Waals surface area contributed by atoms with Crippen LogP contribution >= 0.6 is 0 Å². The first-order valence-corrected chi connectivity index (χ1v) is 11.6. The van der Waals surface area contributed by atoms with E-state index < -0.39 is 15.9 Å². The van der Waals surface area contributed by atoms with Crippen LogP contribution in [0.25, 0.3) is 0 Å². The number of amides is 2. The highest BCUT2D eigenvalue weighted by Gasteiger charge is 2.35. The van der Waals surface area contributed by atoms with Gasteiger partial charge < -0.3 is 20.1 Å². The van der Waals surface area contributed by atoms with Gasteiger partial charge in [-0.15, -0.1) is 0 Å². The minimum atomic E-state index is -3.89. The van der Waals surface area contributed by atoms with Crippen LogP contribution in [-0.4, -0.2) is 51.8 Å². The molecule has 1 saturated heterocycles. The number of rotatable bonds is 7. The van der Waals surface area contributed by atoms with Crippen LogP contribution in [0.2, 0.25) is 0 Å². The molecular formula is C22H27N3O6S. The number of piperidine rings is 1. The van der Waals surface area contributed by atoms with E-state index >= 15 is 0 Å². The summed E-state index contributed by atoms with van der Waals surface area (Å²) >= 11 is 0. The standard InChI is InChI=1S/C22H27N3O6S/c1-15(26)23-17-6-8-18(9-7-17)24-22(27)16-5-4-12-25(14-16)32(28,29)21-13-19(30-2)10-11-20(21)31-3/h6-11,13,16H,4-5,12,14H2,1-3H3,(H,23,26)(H,24,27)/t16-/m0/s1. The Balaban J connectivity index is 1.73. The number of methoxy groups -OCH3 is 2. The Bertz CT molecular complexity index is 1090. The van der Waals surface area contributed by atoms with E-state index in [-0.39, 0.29) is 29.0 Å². The van der Waals surface area contributed by atoms with Crippen LogP contribution in [0.4, 0.5) is 11.4 Å².